The number of hydrogen-bond acceptors (Lipinski definition) is 6. The molecule has 0 atom stereocenters. The zero-order chi connectivity index (χ0) is 13.2. The van der Waals surface area contributed by atoms with Crippen molar-refractivity contribution in [2.45, 2.75) is 32.9 Å². The van der Waals surface area contributed by atoms with Gasteiger partial charge in [0, 0.05) is 23.8 Å². The zero-order valence-electron chi connectivity index (χ0n) is 11.2. The average Bonchev–Trinajstić information content (AvgIpc) is 2.31. The summed E-state index contributed by atoms with van der Waals surface area (Å²) < 4.78 is 5.51. The van der Waals surface area contributed by atoms with Gasteiger partial charge in [-0.05, 0) is 20.8 Å². The van der Waals surface area contributed by atoms with Gasteiger partial charge in [0.2, 0.25) is 0 Å². The van der Waals surface area contributed by atoms with Gasteiger partial charge in [0.05, 0.1) is 19.8 Å². The van der Waals surface area contributed by atoms with Crippen LogP contribution in [0.4, 0.5) is 5.82 Å². The van der Waals surface area contributed by atoms with E-state index in [2.05, 4.69) is 34.1 Å². The minimum atomic E-state index is 0.0155. The smallest absolute Gasteiger partial charge is 0.145 e. The lowest BCUT2D eigenvalue weighted by Crippen LogP contribution is -2.52. The Morgan fingerprint density at radius 1 is 1.50 bits per heavy atom. The van der Waals surface area contributed by atoms with E-state index in [4.69, 9.17) is 10.6 Å². The Hall–Kier alpha value is -1.24. The fourth-order valence-electron chi connectivity index (χ4n) is 2.13. The van der Waals surface area contributed by atoms with Crippen molar-refractivity contribution in [3.05, 3.63) is 17.6 Å². The van der Waals surface area contributed by atoms with Gasteiger partial charge in [0.25, 0.3) is 0 Å². The average molecular weight is 251 g/mol. The van der Waals surface area contributed by atoms with Crippen molar-refractivity contribution < 1.29 is 4.74 Å². The van der Waals surface area contributed by atoms with Gasteiger partial charge in [0.1, 0.15) is 11.6 Å². The van der Waals surface area contributed by atoms with Crippen molar-refractivity contribution in [3.63, 3.8) is 0 Å². The van der Waals surface area contributed by atoms with Crippen LogP contribution in [0.1, 0.15) is 25.4 Å². The van der Waals surface area contributed by atoms with E-state index in [1.807, 2.05) is 13.0 Å². The first-order valence-corrected chi connectivity index (χ1v) is 6.15. The highest BCUT2D eigenvalue weighted by molar-refractivity contribution is 5.33. The summed E-state index contributed by atoms with van der Waals surface area (Å²) in [5.74, 6) is 6.85. The second kappa shape index (κ2) is 5.17. The Morgan fingerprint density at radius 3 is 2.94 bits per heavy atom. The Balaban J connectivity index is 2.15. The molecule has 0 saturated carbocycles. The number of anilines is 1. The monoisotopic (exact) mass is 251 g/mol. The summed E-state index contributed by atoms with van der Waals surface area (Å²) in [6.45, 7) is 9.39. The van der Waals surface area contributed by atoms with Gasteiger partial charge in [-0.25, -0.2) is 15.8 Å². The third-order valence-electron chi connectivity index (χ3n) is 3.20. The molecule has 1 aromatic heterocycles. The van der Waals surface area contributed by atoms with E-state index in [0.29, 0.717) is 12.4 Å². The lowest BCUT2D eigenvalue weighted by atomic mass is 10.0. The van der Waals surface area contributed by atoms with Gasteiger partial charge in [-0.1, -0.05) is 0 Å². The van der Waals surface area contributed by atoms with Crippen LogP contribution >= 0.6 is 0 Å². The first kappa shape index (κ1) is 13.2. The second-order valence-corrected chi connectivity index (χ2v) is 5.24. The SMILES string of the molecule is Cc1cc(NN)nc(CN2CCOCC2(C)C)n1. The third kappa shape index (κ3) is 2.95. The van der Waals surface area contributed by atoms with Crippen LogP contribution < -0.4 is 11.3 Å². The highest BCUT2D eigenvalue weighted by Crippen LogP contribution is 2.21. The predicted molar refractivity (Wildman–Crippen MR) is 69.9 cm³/mol. The Bertz CT molecular complexity index is 421. The van der Waals surface area contributed by atoms with E-state index in [9.17, 15) is 0 Å². The molecule has 0 aromatic carbocycles. The van der Waals surface area contributed by atoms with Crippen molar-refractivity contribution in [2.24, 2.45) is 5.84 Å². The number of morpholine rings is 1. The van der Waals surface area contributed by atoms with Crippen LogP contribution in [0.25, 0.3) is 0 Å². The molecule has 1 aliphatic heterocycles. The van der Waals surface area contributed by atoms with Gasteiger partial charge in [-0.15, -0.1) is 0 Å². The molecule has 1 aromatic rings. The third-order valence-corrected chi connectivity index (χ3v) is 3.20. The van der Waals surface area contributed by atoms with Crippen molar-refractivity contribution in [1.29, 1.82) is 0 Å². The fraction of sp³-hybridized carbons (Fsp3) is 0.667. The fourth-order valence-corrected chi connectivity index (χ4v) is 2.13. The molecule has 0 aliphatic carbocycles. The highest BCUT2D eigenvalue weighted by atomic mass is 16.5. The number of nitrogen functional groups attached to an aromatic ring is 1. The summed E-state index contributed by atoms with van der Waals surface area (Å²) in [5, 5.41) is 0. The van der Waals surface area contributed by atoms with Crippen LogP contribution in [0.5, 0.6) is 0 Å². The van der Waals surface area contributed by atoms with Gasteiger partial charge in [-0.2, -0.15) is 0 Å². The van der Waals surface area contributed by atoms with Gasteiger partial charge in [0.15, 0.2) is 0 Å². The van der Waals surface area contributed by atoms with Crippen molar-refractivity contribution in [1.82, 2.24) is 14.9 Å². The number of nitrogens with two attached hydrogens (primary N) is 1. The number of hydrogen-bond donors (Lipinski definition) is 2. The molecule has 0 unspecified atom stereocenters. The molecule has 0 spiro atoms. The maximum Gasteiger partial charge on any atom is 0.145 e. The molecule has 3 N–H and O–H groups in total. The standard InChI is InChI=1S/C12H21N5O/c1-9-6-10(16-13)15-11(14-9)7-17-4-5-18-8-12(17,2)3/h6H,4-5,7-8,13H2,1-3H3,(H,14,15,16). The molecule has 1 aliphatic rings. The van der Waals surface area contributed by atoms with Gasteiger partial charge < -0.3 is 10.2 Å². The highest BCUT2D eigenvalue weighted by Gasteiger charge is 2.30. The maximum absolute atomic E-state index is 5.51. The topological polar surface area (TPSA) is 76.3 Å². The first-order valence-electron chi connectivity index (χ1n) is 6.15. The molecule has 6 heteroatoms. The second-order valence-electron chi connectivity index (χ2n) is 5.24. The van der Waals surface area contributed by atoms with Crippen LogP contribution in [0, 0.1) is 6.92 Å². The lowest BCUT2D eigenvalue weighted by Gasteiger charge is -2.41. The van der Waals surface area contributed by atoms with Crippen LogP contribution in [-0.4, -0.2) is 40.2 Å². The van der Waals surface area contributed by atoms with E-state index in [-0.39, 0.29) is 5.54 Å². The summed E-state index contributed by atoms with van der Waals surface area (Å²) in [7, 11) is 0. The van der Waals surface area contributed by atoms with Gasteiger partial charge >= 0.3 is 0 Å². The minimum Gasteiger partial charge on any atom is -0.378 e. The van der Waals surface area contributed by atoms with Crippen molar-refractivity contribution in [3.8, 4) is 0 Å². The predicted octanol–water partition coefficient (Wildman–Crippen LogP) is 0.681. The molecule has 6 nitrogen and oxygen atoms in total. The van der Waals surface area contributed by atoms with E-state index >= 15 is 0 Å². The quantitative estimate of drug-likeness (QED) is 0.608. The van der Waals surface area contributed by atoms with Crippen LogP contribution in [0.15, 0.2) is 6.07 Å². The summed E-state index contributed by atoms with van der Waals surface area (Å²) in [6, 6.07) is 1.83. The number of nitrogens with zero attached hydrogens (tertiary/aromatic N) is 3. The minimum absolute atomic E-state index is 0.0155. The molecular weight excluding hydrogens is 230 g/mol. The van der Waals surface area contributed by atoms with E-state index in [1.54, 1.807) is 0 Å². The normalized spacial score (nSPS) is 19.8. The van der Waals surface area contributed by atoms with Crippen LogP contribution in [0.2, 0.25) is 0 Å². The molecule has 1 saturated heterocycles. The summed E-state index contributed by atoms with van der Waals surface area (Å²) in [6.07, 6.45) is 0. The maximum atomic E-state index is 5.51. The number of ether oxygens (including phenoxy) is 1. The molecule has 0 radical (unpaired) electrons. The Morgan fingerprint density at radius 2 is 2.28 bits per heavy atom. The van der Waals surface area contributed by atoms with Crippen molar-refractivity contribution in [2.75, 3.05) is 25.2 Å². The Labute approximate surface area is 108 Å². The molecule has 100 valence electrons. The van der Waals surface area contributed by atoms with Gasteiger partial charge in [-0.3, -0.25) is 4.90 Å². The van der Waals surface area contributed by atoms with Crippen LogP contribution in [0.3, 0.4) is 0 Å². The number of nitrogens with one attached hydrogen (secondary N) is 1. The number of aromatic nitrogens is 2. The molecule has 2 heterocycles. The zero-order valence-corrected chi connectivity index (χ0v) is 11.2. The molecular formula is C12H21N5O. The number of hydrazine groups is 1. The summed E-state index contributed by atoms with van der Waals surface area (Å²) in [5.41, 5.74) is 3.50. The summed E-state index contributed by atoms with van der Waals surface area (Å²) >= 11 is 0. The number of aryl methyl sites for hydroxylation is 1. The van der Waals surface area contributed by atoms with Crippen LogP contribution in [-0.2, 0) is 11.3 Å². The largest absolute Gasteiger partial charge is 0.378 e. The van der Waals surface area contributed by atoms with E-state index < -0.39 is 0 Å². The molecule has 0 bridgehead atoms. The van der Waals surface area contributed by atoms with E-state index in [0.717, 1.165) is 31.3 Å². The first-order chi connectivity index (χ1) is 8.51. The van der Waals surface area contributed by atoms with Crippen molar-refractivity contribution >= 4 is 5.82 Å². The molecule has 0 amide bonds. The number of rotatable bonds is 3. The molecule has 2 rings (SSSR count). The molecule has 18 heavy (non-hydrogen) atoms. The Kier molecular flexibility index (Phi) is 3.79. The molecule has 1 fully saturated rings. The lowest BCUT2D eigenvalue weighted by molar-refractivity contribution is -0.0563. The summed E-state index contributed by atoms with van der Waals surface area (Å²) in [4.78, 5) is 11.2. The van der Waals surface area contributed by atoms with E-state index in [1.165, 1.54) is 0 Å².